The third-order valence-corrected chi connectivity index (χ3v) is 4.12. The molecule has 0 bridgehead atoms. The van der Waals surface area contributed by atoms with Crippen LogP contribution in [-0.2, 0) is 17.6 Å². The van der Waals surface area contributed by atoms with Gasteiger partial charge < -0.3 is 9.64 Å². The van der Waals surface area contributed by atoms with Gasteiger partial charge in [-0.25, -0.2) is 4.79 Å². The molecule has 0 unspecified atom stereocenters. The maximum atomic E-state index is 12.0. The van der Waals surface area contributed by atoms with Gasteiger partial charge in [0.05, 0.1) is 5.56 Å². The second-order valence-corrected chi connectivity index (χ2v) is 5.35. The van der Waals surface area contributed by atoms with E-state index in [0.29, 0.717) is 12.2 Å². The molecule has 4 heteroatoms. The smallest absolute Gasteiger partial charge is 0.338 e. The molecule has 0 saturated heterocycles. The van der Waals surface area contributed by atoms with Gasteiger partial charge in [-0.05, 0) is 62.0 Å². The van der Waals surface area contributed by atoms with Gasteiger partial charge >= 0.3 is 5.97 Å². The van der Waals surface area contributed by atoms with Crippen molar-refractivity contribution < 1.29 is 9.53 Å². The van der Waals surface area contributed by atoms with Gasteiger partial charge in [0.2, 0.25) is 0 Å². The summed E-state index contributed by atoms with van der Waals surface area (Å²) in [5.41, 5.74) is 3.43. The standard InChI is InChI=1S/C17H25NO2.ClH/c1-3-18(4-2)11-12-20-17(19)16-10-9-14-7-5-6-8-15(14)13-16;/h9-10,13H,3-8,11-12H2,1-2H3;1H. The van der Waals surface area contributed by atoms with Crippen LogP contribution in [0.4, 0.5) is 0 Å². The molecule has 2 rings (SSSR count). The molecule has 21 heavy (non-hydrogen) atoms. The first-order valence-corrected chi connectivity index (χ1v) is 7.75. The van der Waals surface area contributed by atoms with Gasteiger partial charge in [0.1, 0.15) is 6.61 Å². The Morgan fingerprint density at radius 1 is 1.14 bits per heavy atom. The number of fused-ring (bicyclic) bond motifs is 1. The quantitative estimate of drug-likeness (QED) is 0.753. The van der Waals surface area contributed by atoms with Gasteiger partial charge in [-0.1, -0.05) is 19.9 Å². The van der Waals surface area contributed by atoms with Gasteiger partial charge in [0.15, 0.2) is 0 Å². The maximum Gasteiger partial charge on any atom is 0.338 e. The van der Waals surface area contributed by atoms with Crippen LogP contribution >= 0.6 is 12.4 Å². The summed E-state index contributed by atoms with van der Waals surface area (Å²) in [6.07, 6.45) is 4.73. The summed E-state index contributed by atoms with van der Waals surface area (Å²) in [5, 5.41) is 0. The second-order valence-electron chi connectivity index (χ2n) is 5.35. The number of hydrogen-bond acceptors (Lipinski definition) is 3. The summed E-state index contributed by atoms with van der Waals surface area (Å²) in [5.74, 6) is -0.189. The van der Waals surface area contributed by atoms with Gasteiger partial charge in [0.25, 0.3) is 0 Å². The fraction of sp³-hybridized carbons (Fsp3) is 0.588. The number of halogens is 1. The first-order valence-electron chi connectivity index (χ1n) is 7.75. The van der Waals surface area contributed by atoms with Crippen molar-refractivity contribution >= 4 is 18.4 Å². The Morgan fingerprint density at radius 2 is 1.81 bits per heavy atom. The van der Waals surface area contributed by atoms with E-state index in [-0.39, 0.29) is 18.4 Å². The molecule has 118 valence electrons. The lowest BCUT2D eigenvalue weighted by Crippen LogP contribution is -2.27. The molecular weight excluding hydrogens is 286 g/mol. The van der Waals surface area contributed by atoms with E-state index >= 15 is 0 Å². The van der Waals surface area contributed by atoms with Crippen LogP contribution in [-0.4, -0.2) is 37.1 Å². The first kappa shape index (κ1) is 18.0. The second kappa shape index (κ2) is 9.06. The van der Waals surface area contributed by atoms with Crippen molar-refractivity contribution in [2.45, 2.75) is 39.5 Å². The number of rotatable bonds is 6. The van der Waals surface area contributed by atoms with E-state index in [1.807, 2.05) is 12.1 Å². The predicted molar refractivity (Wildman–Crippen MR) is 88.4 cm³/mol. The van der Waals surface area contributed by atoms with E-state index in [1.54, 1.807) is 0 Å². The molecule has 0 aliphatic heterocycles. The summed E-state index contributed by atoms with van der Waals surface area (Å²) in [7, 11) is 0. The average molecular weight is 312 g/mol. The molecule has 1 aromatic carbocycles. The SMILES string of the molecule is CCN(CC)CCOC(=O)c1ccc2c(c1)CCCC2.Cl. The molecule has 1 aromatic rings. The van der Waals surface area contributed by atoms with Crippen molar-refractivity contribution in [3.05, 3.63) is 34.9 Å². The number of hydrogen-bond donors (Lipinski definition) is 0. The van der Waals surface area contributed by atoms with Crippen molar-refractivity contribution in [3.63, 3.8) is 0 Å². The van der Waals surface area contributed by atoms with Crippen LogP contribution in [0.15, 0.2) is 18.2 Å². The highest BCUT2D eigenvalue weighted by Crippen LogP contribution is 2.22. The number of benzene rings is 1. The molecule has 0 radical (unpaired) electrons. The number of likely N-dealkylation sites (N-methyl/N-ethyl adjacent to an activating group) is 1. The topological polar surface area (TPSA) is 29.5 Å². The third kappa shape index (κ3) is 5.01. The van der Waals surface area contributed by atoms with E-state index in [4.69, 9.17) is 4.74 Å². The Kier molecular flexibility index (Phi) is 7.76. The lowest BCUT2D eigenvalue weighted by Gasteiger charge is -2.18. The Hall–Kier alpha value is -1.06. The number of aryl methyl sites for hydroxylation is 2. The number of nitrogens with zero attached hydrogens (tertiary/aromatic N) is 1. The first-order chi connectivity index (χ1) is 9.74. The molecule has 0 atom stereocenters. The molecule has 0 fully saturated rings. The van der Waals surface area contributed by atoms with E-state index in [0.717, 1.165) is 32.5 Å². The van der Waals surface area contributed by atoms with Crippen LogP contribution in [0.1, 0.15) is 48.2 Å². The highest BCUT2D eigenvalue weighted by atomic mass is 35.5. The number of ether oxygens (including phenoxy) is 1. The van der Waals surface area contributed by atoms with Crippen LogP contribution in [0.3, 0.4) is 0 Å². The normalized spacial score (nSPS) is 13.5. The van der Waals surface area contributed by atoms with Crippen LogP contribution in [0.25, 0.3) is 0 Å². The summed E-state index contributed by atoms with van der Waals surface area (Å²) in [6, 6.07) is 6.02. The molecule has 1 aliphatic carbocycles. The van der Waals surface area contributed by atoms with Gasteiger partial charge in [-0.2, -0.15) is 0 Å². The average Bonchev–Trinajstić information content (AvgIpc) is 2.51. The van der Waals surface area contributed by atoms with Crippen molar-refractivity contribution in [3.8, 4) is 0 Å². The largest absolute Gasteiger partial charge is 0.461 e. The third-order valence-electron chi connectivity index (χ3n) is 4.12. The molecule has 0 heterocycles. The van der Waals surface area contributed by atoms with Crippen molar-refractivity contribution in [1.82, 2.24) is 4.90 Å². The van der Waals surface area contributed by atoms with Crippen LogP contribution < -0.4 is 0 Å². The monoisotopic (exact) mass is 311 g/mol. The molecule has 0 saturated carbocycles. The van der Waals surface area contributed by atoms with Crippen molar-refractivity contribution in [2.75, 3.05) is 26.2 Å². The summed E-state index contributed by atoms with van der Waals surface area (Å²) in [4.78, 5) is 14.3. The summed E-state index contributed by atoms with van der Waals surface area (Å²) < 4.78 is 5.37. The number of esters is 1. The molecule has 0 amide bonds. The van der Waals surface area contributed by atoms with Crippen LogP contribution in [0, 0.1) is 0 Å². The fourth-order valence-corrected chi connectivity index (χ4v) is 2.75. The highest BCUT2D eigenvalue weighted by Gasteiger charge is 2.13. The Bertz CT molecular complexity index is 458. The van der Waals surface area contributed by atoms with Gasteiger partial charge in [0, 0.05) is 6.54 Å². The van der Waals surface area contributed by atoms with Gasteiger partial charge in [-0.3, -0.25) is 0 Å². The minimum atomic E-state index is -0.189. The Morgan fingerprint density at radius 3 is 2.48 bits per heavy atom. The summed E-state index contributed by atoms with van der Waals surface area (Å²) >= 11 is 0. The highest BCUT2D eigenvalue weighted by molar-refractivity contribution is 5.89. The lowest BCUT2D eigenvalue weighted by molar-refractivity contribution is 0.0466. The van der Waals surface area contributed by atoms with Crippen LogP contribution in [0.5, 0.6) is 0 Å². The zero-order valence-corrected chi connectivity index (χ0v) is 13.9. The minimum Gasteiger partial charge on any atom is -0.461 e. The molecule has 3 nitrogen and oxygen atoms in total. The van der Waals surface area contributed by atoms with E-state index in [2.05, 4.69) is 24.8 Å². The zero-order chi connectivity index (χ0) is 14.4. The van der Waals surface area contributed by atoms with Crippen LogP contribution in [0.2, 0.25) is 0 Å². The van der Waals surface area contributed by atoms with E-state index < -0.39 is 0 Å². The fourth-order valence-electron chi connectivity index (χ4n) is 2.75. The summed E-state index contributed by atoms with van der Waals surface area (Å²) in [6.45, 7) is 7.50. The van der Waals surface area contributed by atoms with E-state index in [1.165, 1.54) is 24.0 Å². The predicted octanol–water partition coefficient (Wildman–Crippen LogP) is 3.49. The zero-order valence-electron chi connectivity index (χ0n) is 13.1. The molecule has 0 spiro atoms. The minimum absolute atomic E-state index is 0. The number of carbonyl (C=O) groups excluding carboxylic acids is 1. The van der Waals surface area contributed by atoms with Crippen molar-refractivity contribution in [2.24, 2.45) is 0 Å². The molecule has 1 aliphatic rings. The Labute approximate surface area is 134 Å². The van der Waals surface area contributed by atoms with E-state index in [9.17, 15) is 4.79 Å². The molecular formula is C17H26ClNO2. The number of carbonyl (C=O) groups is 1. The molecule has 0 N–H and O–H groups in total. The van der Waals surface area contributed by atoms with Gasteiger partial charge in [-0.15, -0.1) is 12.4 Å². The maximum absolute atomic E-state index is 12.0. The molecule has 0 aromatic heterocycles. The lowest BCUT2D eigenvalue weighted by atomic mass is 9.90. The van der Waals surface area contributed by atoms with Crippen molar-refractivity contribution in [1.29, 1.82) is 0 Å². The Balaban J connectivity index is 0.00000220.